The zero-order valence-corrected chi connectivity index (χ0v) is 15.5. The van der Waals surface area contributed by atoms with Crippen molar-refractivity contribution in [3.8, 4) is 0 Å². The van der Waals surface area contributed by atoms with Gasteiger partial charge in [-0.3, -0.25) is 9.69 Å². The normalized spacial score (nSPS) is 16.0. The molecule has 0 bridgehead atoms. The lowest BCUT2D eigenvalue weighted by molar-refractivity contribution is -0.133. The van der Waals surface area contributed by atoms with Crippen LogP contribution in [0.3, 0.4) is 0 Å². The molecule has 1 aromatic rings. The fourth-order valence-electron chi connectivity index (χ4n) is 3.01. The zero-order valence-electron chi connectivity index (χ0n) is 15.5. The molecule has 1 fully saturated rings. The van der Waals surface area contributed by atoms with Gasteiger partial charge in [0.2, 0.25) is 11.9 Å². The quantitative estimate of drug-likeness (QED) is 0.761. The van der Waals surface area contributed by atoms with Gasteiger partial charge in [-0.25, -0.2) is 9.97 Å². The van der Waals surface area contributed by atoms with E-state index in [9.17, 15) is 4.79 Å². The molecule has 1 aliphatic rings. The van der Waals surface area contributed by atoms with Crippen LogP contribution in [-0.4, -0.2) is 71.5 Å². The second-order valence-electron chi connectivity index (χ2n) is 7.40. The minimum absolute atomic E-state index is 0.252. The molecule has 24 heavy (non-hydrogen) atoms. The second-order valence-corrected chi connectivity index (χ2v) is 7.40. The van der Waals surface area contributed by atoms with Gasteiger partial charge in [-0.2, -0.15) is 0 Å². The predicted molar refractivity (Wildman–Crippen MR) is 96.9 cm³/mol. The fraction of sp³-hybridized carbons (Fsp3) is 0.722. The summed E-state index contributed by atoms with van der Waals surface area (Å²) in [5, 5.41) is 0. The number of rotatable bonds is 7. The molecule has 1 aliphatic heterocycles. The predicted octanol–water partition coefficient (Wildman–Crippen LogP) is 1.74. The summed E-state index contributed by atoms with van der Waals surface area (Å²) < 4.78 is 0. The molecule has 0 unspecified atom stereocenters. The first-order valence-electron chi connectivity index (χ1n) is 8.97. The smallest absolute Gasteiger partial charge is 0.236 e. The Morgan fingerprint density at radius 3 is 2.08 bits per heavy atom. The highest BCUT2D eigenvalue weighted by molar-refractivity contribution is 5.78. The third-order valence-electron chi connectivity index (χ3n) is 4.09. The SMILES string of the molecule is CC(C)CN(CC(C)C)C(=O)CN1CCN(c2ncccn2)CC1. The molecule has 1 amide bonds. The molecule has 134 valence electrons. The van der Waals surface area contributed by atoms with Crippen molar-refractivity contribution in [1.29, 1.82) is 0 Å². The van der Waals surface area contributed by atoms with Gasteiger partial charge in [0.05, 0.1) is 6.54 Å². The summed E-state index contributed by atoms with van der Waals surface area (Å²) in [6, 6.07) is 1.83. The summed E-state index contributed by atoms with van der Waals surface area (Å²) in [4.78, 5) is 27.7. The van der Waals surface area contributed by atoms with Gasteiger partial charge >= 0.3 is 0 Å². The Balaban J connectivity index is 1.84. The highest BCUT2D eigenvalue weighted by atomic mass is 16.2. The van der Waals surface area contributed by atoms with Gasteiger partial charge in [-0.05, 0) is 17.9 Å². The summed E-state index contributed by atoms with van der Waals surface area (Å²) in [7, 11) is 0. The lowest BCUT2D eigenvalue weighted by Gasteiger charge is -2.35. The van der Waals surface area contributed by atoms with Crippen LogP contribution in [0, 0.1) is 11.8 Å². The Kier molecular flexibility index (Phi) is 6.97. The molecule has 0 atom stereocenters. The molecular weight excluding hydrogens is 302 g/mol. The first-order valence-corrected chi connectivity index (χ1v) is 8.97. The molecule has 2 heterocycles. The molecule has 6 heteroatoms. The summed E-state index contributed by atoms with van der Waals surface area (Å²) in [6.07, 6.45) is 3.54. The third kappa shape index (κ3) is 5.74. The van der Waals surface area contributed by atoms with Crippen molar-refractivity contribution >= 4 is 11.9 Å². The number of nitrogens with zero attached hydrogens (tertiary/aromatic N) is 5. The van der Waals surface area contributed by atoms with Crippen molar-refractivity contribution in [2.45, 2.75) is 27.7 Å². The summed E-state index contributed by atoms with van der Waals surface area (Å²) in [5.74, 6) is 2.03. The standard InChI is InChI=1S/C18H31N5O/c1-15(2)12-23(13-16(3)4)17(24)14-21-8-10-22(11-9-21)18-19-6-5-7-20-18/h5-7,15-16H,8-14H2,1-4H3. The first-order chi connectivity index (χ1) is 11.5. The van der Waals surface area contributed by atoms with Crippen LogP contribution in [0.15, 0.2) is 18.5 Å². The molecule has 0 saturated carbocycles. The van der Waals surface area contributed by atoms with E-state index in [0.29, 0.717) is 18.4 Å². The van der Waals surface area contributed by atoms with Gasteiger partial charge in [0.1, 0.15) is 0 Å². The Morgan fingerprint density at radius 2 is 1.58 bits per heavy atom. The minimum Gasteiger partial charge on any atom is -0.341 e. The summed E-state index contributed by atoms with van der Waals surface area (Å²) >= 11 is 0. The van der Waals surface area contributed by atoms with E-state index in [1.54, 1.807) is 12.4 Å². The van der Waals surface area contributed by atoms with E-state index >= 15 is 0 Å². The molecule has 0 aliphatic carbocycles. The third-order valence-corrected chi connectivity index (χ3v) is 4.09. The van der Waals surface area contributed by atoms with Crippen molar-refractivity contribution in [3.05, 3.63) is 18.5 Å². The van der Waals surface area contributed by atoms with Gasteiger partial charge in [0.15, 0.2) is 0 Å². The minimum atomic E-state index is 0.252. The highest BCUT2D eigenvalue weighted by Crippen LogP contribution is 2.11. The maximum atomic E-state index is 12.7. The largest absolute Gasteiger partial charge is 0.341 e. The van der Waals surface area contributed by atoms with E-state index in [4.69, 9.17) is 0 Å². The molecule has 6 nitrogen and oxygen atoms in total. The zero-order chi connectivity index (χ0) is 17.5. The molecule has 0 spiro atoms. The number of hydrogen-bond acceptors (Lipinski definition) is 5. The molecule has 0 N–H and O–H groups in total. The van der Waals surface area contributed by atoms with Crippen LogP contribution in [0.1, 0.15) is 27.7 Å². The molecule has 1 saturated heterocycles. The Hall–Kier alpha value is -1.69. The number of amides is 1. The Labute approximate surface area is 145 Å². The molecule has 0 aromatic carbocycles. The van der Waals surface area contributed by atoms with Crippen molar-refractivity contribution in [3.63, 3.8) is 0 Å². The molecule has 2 rings (SSSR count). The van der Waals surface area contributed by atoms with Crippen LogP contribution in [-0.2, 0) is 4.79 Å². The number of carbonyl (C=O) groups excluding carboxylic acids is 1. The van der Waals surface area contributed by atoms with E-state index in [0.717, 1.165) is 45.2 Å². The van der Waals surface area contributed by atoms with E-state index in [-0.39, 0.29) is 5.91 Å². The number of hydrogen-bond donors (Lipinski definition) is 0. The summed E-state index contributed by atoms with van der Waals surface area (Å²) in [5.41, 5.74) is 0. The van der Waals surface area contributed by atoms with Crippen molar-refractivity contribution < 1.29 is 4.79 Å². The average Bonchev–Trinajstić information content (AvgIpc) is 2.55. The topological polar surface area (TPSA) is 52.6 Å². The Morgan fingerprint density at radius 1 is 1.04 bits per heavy atom. The van der Waals surface area contributed by atoms with Gasteiger partial charge in [-0.15, -0.1) is 0 Å². The van der Waals surface area contributed by atoms with Crippen LogP contribution in [0.4, 0.5) is 5.95 Å². The Bertz CT molecular complexity index is 487. The van der Waals surface area contributed by atoms with Gasteiger partial charge in [0.25, 0.3) is 0 Å². The van der Waals surface area contributed by atoms with Crippen LogP contribution >= 0.6 is 0 Å². The maximum Gasteiger partial charge on any atom is 0.236 e. The number of aromatic nitrogens is 2. The summed E-state index contributed by atoms with van der Waals surface area (Å²) in [6.45, 7) is 14.4. The maximum absolute atomic E-state index is 12.7. The van der Waals surface area contributed by atoms with Crippen molar-refractivity contribution in [2.24, 2.45) is 11.8 Å². The fourth-order valence-corrected chi connectivity index (χ4v) is 3.01. The number of anilines is 1. The van der Waals surface area contributed by atoms with E-state index < -0.39 is 0 Å². The van der Waals surface area contributed by atoms with Crippen LogP contribution in [0.2, 0.25) is 0 Å². The van der Waals surface area contributed by atoms with Gasteiger partial charge < -0.3 is 9.80 Å². The van der Waals surface area contributed by atoms with Crippen molar-refractivity contribution in [1.82, 2.24) is 19.8 Å². The average molecular weight is 333 g/mol. The highest BCUT2D eigenvalue weighted by Gasteiger charge is 2.23. The van der Waals surface area contributed by atoms with Crippen LogP contribution in [0.25, 0.3) is 0 Å². The molecule has 1 aromatic heterocycles. The van der Waals surface area contributed by atoms with Crippen LogP contribution in [0.5, 0.6) is 0 Å². The number of carbonyl (C=O) groups is 1. The van der Waals surface area contributed by atoms with Crippen molar-refractivity contribution in [2.75, 3.05) is 50.7 Å². The lowest BCUT2D eigenvalue weighted by atomic mass is 10.1. The number of piperazine rings is 1. The van der Waals surface area contributed by atoms with Gasteiger partial charge in [-0.1, -0.05) is 27.7 Å². The molecule has 0 radical (unpaired) electrons. The molecular formula is C18H31N5O. The second kappa shape index (κ2) is 8.97. The van der Waals surface area contributed by atoms with Gasteiger partial charge in [0, 0.05) is 51.7 Å². The van der Waals surface area contributed by atoms with E-state index in [1.807, 2.05) is 11.0 Å². The monoisotopic (exact) mass is 333 g/mol. The van der Waals surface area contributed by atoms with E-state index in [2.05, 4.69) is 47.5 Å². The first kappa shape index (κ1) is 18.6. The lowest BCUT2D eigenvalue weighted by Crippen LogP contribution is -2.51. The van der Waals surface area contributed by atoms with E-state index in [1.165, 1.54) is 0 Å². The van der Waals surface area contributed by atoms with Crippen LogP contribution < -0.4 is 4.90 Å².